The van der Waals surface area contributed by atoms with E-state index in [1.807, 2.05) is 0 Å². The summed E-state index contributed by atoms with van der Waals surface area (Å²) in [5.41, 5.74) is 0. The van der Waals surface area contributed by atoms with Crippen LogP contribution in [0.3, 0.4) is 0 Å². The van der Waals surface area contributed by atoms with Gasteiger partial charge in [0.25, 0.3) is 0 Å². The van der Waals surface area contributed by atoms with Crippen LogP contribution in [0.25, 0.3) is 0 Å². The summed E-state index contributed by atoms with van der Waals surface area (Å²) < 4.78 is 11.3. The molecule has 2 rings (SSSR count). The summed E-state index contributed by atoms with van der Waals surface area (Å²) in [6, 6.07) is 0.572. The monoisotopic (exact) mass is 284 g/mol. The Bertz CT molecular complexity index is 267. The molecule has 0 aromatic heterocycles. The third kappa shape index (κ3) is 5.32. The Balaban J connectivity index is 1.67. The smallest absolute Gasteiger partial charge is 0.0826 e. The molecule has 4 nitrogen and oxygen atoms in total. The van der Waals surface area contributed by atoms with Crippen molar-refractivity contribution in [1.29, 1.82) is 0 Å². The molecule has 0 spiro atoms. The molecule has 2 aliphatic heterocycles. The van der Waals surface area contributed by atoms with E-state index in [4.69, 9.17) is 9.47 Å². The Hall–Kier alpha value is -0.160. The van der Waals surface area contributed by atoms with Crippen LogP contribution in [0, 0.1) is 11.8 Å². The van der Waals surface area contributed by atoms with Gasteiger partial charge in [0.05, 0.1) is 12.7 Å². The SMILES string of the molecule is CC(C)CN1CCO[C@@H](CN[C@@H](C)C2CCOCC2)C1. The molecule has 0 aromatic rings. The van der Waals surface area contributed by atoms with Crippen molar-refractivity contribution in [3.63, 3.8) is 0 Å². The highest BCUT2D eigenvalue weighted by Gasteiger charge is 2.24. The normalized spacial score (nSPS) is 27.9. The highest BCUT2D eigenvalue weighted by Crippen LogP contribution is 2.18. The minimum atomic E-state index is 0.352. The second-order valence-electron chi connectivity index (χ2n) is 6.79. The van der Waals surface area contributed by atoms with Crippen molar-refractivity contribution in [2.75, 3.05) is 46.0 Å². The van der Waals surface area contributed by atoms with Crippen LogP contribution in [0.15, 0.2) is 0 Å². The van der Waals surface area contributed by atoms with Crippen molar-refractivity contribution in [2.24, 2.45) is 11.8 Å². The summed E-state index contributed by atoms with van der Waals surface area (Å²) in [6.45, 7) is 14.0. The topological polar surface area (TPSA) is 33.7 Å². The molecule has 0 saturated carbocycles. The Morgan fingerprint density at radius 3 is 2.60 bits per heavy atom. The van der Waals surface area contributed by atoms with Crippen LogP contribution in [-0.4, -0.2) is 63.0 Å². The zero-order valence-corrected chi connectivity index (χ0v) is 13.4. The van der Waals surface area contributed by atoms with Crippen molar-refractivity contribution >= 4 is 0 Å². The van der Waals surface area contributed by atoms with E-state index in [9.17, 15) is 0 Å². The molecule has 0 aliphatic carbocycles. The first kappa shape index (κ1) is 16.2. The first-order valence-electron chi connectivity index (χ1n) is 8.30. The first-order valence-corrected chi connectivity index (χ1v) is 8.30. The van der Waals surface area contributed by atoms with Gasteiger partial charge in [-0.3, -0.25) is 4.90 Å². The van der Waals surface area contributed by atoms with Gasteiger partial charge in [-0.05, 0) is 31.6 Å². The van der Waals surface area contributed by atoms with E-state index in [1.54, 1.807) is 0 Å². The van der Waals surface area contributed by atoms with Crippen molar-refractivity contribution in [2.45, 2.75) is 45.8 Å². The molecular weight excluding hydrogens is 252 g/mol. The minimum Gasteiger partial charge on any atom is -0.381 e. The fourth-order valence-corrected chi connectivity index (χ4v) is 3.29. The first-order chi connectivity index (χ1) is 9.65. The Kier molecular flexibility index (Phi) is 6.75. The average Bonchev–Trinajstić information content (AvgIpc) is 2.45. The second-order valence-corrected chi connectivity index (χ2v) is 6.79. The summed E-state index contributed by atoms with van der Waals surface area (Å²) >= 11 is 0. The molecule has 1 N–H and O–H groups in total. The quantitative estimate of drug-likeness (QED) is 0.806. The predicted molar refractivity (Wildman–Crippen MR) is 82.0 cm³/mol. The summed E-state index contributed by atoms with van der Waals surface area (Å²) in [7, 11) is 0. The molecule has 0 unspecified atom stereocenters. The molecule has 2 fully saturated rings. The maximum Gasteiger partial charge on any atom is 0.0826 e. The maximum atomic E-state index is 5.90. The van der Waals surface area contributed by atoms with Gasteiger partial charge >= 0.3 is 0 Å². The van der Waals surface area contributed by atoms with Crippen LogP contribution in [0.5, 0.6) is 0 Å². The van der Waals surface area contributed by atoms with Crippen molar-refractivity contribution in [3.05, 3.63) is 0 Å². The van der Waals surface area contributed by atoms with Gasteiger partial charge in [0.1, 0.15) is 0 Å². The lowest BCUT2D eigenvalue weighted by Gasteiger charge is -2.35. The van der Waals surface area contributed by atoms with Crippen LogP contribution in [-0.2, 0) is 9.47 Å². The number of nitrogens with zero attached hydrogens (tertiary/aromatic N) is 1. The molecule has 4 heteroatoms. The van der Waals surface area contributed by atoms with E-state index >= 15 is 0 Å². The van der Waals surface area contributed by atoms with Gasteiger partial charge in [-0.25, -0.2) is 0 Å². The van der Waals surface area contributed by atoms with E-state index < -0.39 is 0 Å². The molecule has 2 heterocycles. The van der Waals surface area contributed by atoms with Crippen LogP contribution in [0.1, 0.15) is 33.6 Å². The van der Waals surface area contributed by atoms with Gasteiger partial charge in [-0.15, -0.1) is 0 Å². The lowest BCUT2D eigenvalue weighted by molar-refractivity contribution is -0.0328. The fourth-order valence-electron chi connectivity index (χ4n) is 3.29. The van der Waals surface area contributed by atoms with Gasteiger partial charge < -0.3 is 14.8 Å². The molecule has 20 heavy (non-hydrogen) atoms. The molecule has 0 aromatic carbocycles. The van der Waals surface area contributed by atoms with Gasteiger partial charge in [0.15, 0.2) is 0 Å². The summed E-state index contributed by atoms with van der Waals surface area (Å²) in [6.07, 6.45) is 2.74. The largest absolute Gasteiger partial charge is 0.381 e. The minimum absolute atomic E-state index is 0.352. The molecule has 0 bridgehead atoms. The Morgan fingerprint density at radius 1 is 1.15 bits per heavy atom. The summed E-state index contributed by atoms with van der Waals surface area (Å²) in [4.78, 5) is 2.54. The van der Waals surface area contributed by atoms with Crippen molar-refractivity contribution in [1.82, 2.24) is 10.2 Å². The third-order valence-corrected chi connectivity index (χ3v) is 4.49. The van der Waals surface area contributed by atoms with E-state index in [0.717, 1.165) is 51.3 Å². The molecule has 2 saturated heterocycles. The number of hydrogen-bond acceptors (Lipinski definition) is 4. The molecule has 0 amide bonds. The van der Waals surface area contributed by atoms with E-state index in [0.29, 0.717) is 12.1 Å². The summed E-state index contributed by atoms with van der Waals surface area (Å²) in [5, 5.41) is 3.69. The second kappa shape index (κ2) is 8.32. The highest BCUT2D eigenvalue weighted by atomic mass is 16.5. The van der Waals surface area contributed by atoms with Crippen LogP contribution >= 0.6 is 0 Å². The van der Waals surface area contributed by atoms with Gasteiger partial charge in [0.2, 0.25) is 0 Å². The fraction of sp³-hybridized carbons (Fsp3) is 1.00. The van der Waals surface area contributed by atoms with Crippen LogP contribution in [0.4, 0.5) is 0 Å². The lowest BCUT2D eigenvalue weighted by Crippen LogP contribution is -2.49. The maximum absolute atomic E-state index is 5.90. The molecular formula is C16H32N2O2. The van der Waals surface area contributed by atoms with E-state index in [2.05, 4.69) is 31.0 Å². The highest BCUT2D eigenvalue weighted by molar-refractivity contribution is 4.79. The molecule has 2 atom stereocenters. The van der Waals surface area contributed by atoms with Crippen LogP contribution in [0.2, 0.25) is 0 Å². The van der Waals surface area contributed by atoms with Gasteiger partial charge in [-0.1, -0.05) is 13.8 Å². The molecule has 2 aliphatic rings. The summed E-state index contributed by atoms with van der Waals surface area (Å²) in [5.74, 6) is 1.50. The van der Waals surface area contributed by atoms with Gasteiger partial charge in [0, 0.05) is 45.4 Å². The van der Waals surface area contributed by atoms with E-state index in [1.165, 1.54) is 19.4 Å². The predicted octanol–water partition coefficient (Wildman–Crippen LogP) is 1.75. The molecule has 118 valence electrons. The van der Waals surface area contributed by atoms with Crippen LogP contribution < -0.4 is 5.32 Å². The zero-order valence-electron chi connectivity index (χ0n) is 13.4. The van der Waals surface area contributed by atoms with Crippen molar-refractivity contribution in [3.8, 4) is 0 Å². The molecule has 0 radical (unpaired) electrons. The lowest BCUT2D eigenvalue weighted by atomic mass is 9.93. The number of hydrogen-bond donors (Lipinski definition) is 1. The average molecular weight is 284 g/mol. The number of morpholine rings is 1. The zero-order chi connectivity index (χ0) is 14.4. The Labute approximate surface area is 124 Å². The number of rotatable bonds is 6. The number of ether oxygens (including phenoxy) is 2. The third-order valence-electron chi connectivity index (χ3n) is 4.49. The van der Waals surface area contributed by atoms with E-state index in [-0.39, 0.29) is 0 Å². The Morgan fingerprint density at radius 2 is 1.90 bits per heavy atom. The standard InChI is InChI=1S/C16H32N2O2/c1-13(2)11-18-6-9-20-16(12-18)10-17-14(3)15-4-7-19-8-5-15/h13-17H,4-12H2,1-3H3/t14-,16-/m0/s1. The number of nitrogens with one attached hydrogen (secondary N) is 1. The van der Waals surface area contributed by atoms with Gasteiger partial charge in [-0.2, -0.15) is 0 Å². The van der Waals surface area contributed by atoms with Crippen molar-refractivity contribution < 1.29 is 9.47 Å².